The zero-order valence-corrected chi connectivity index (χ0v) is 16.8. The number of nitrogens with zero attached hydrogens (tertiary/aromatic N) is 1. The van der Waals surface area contributed by atoms with E-state index in [0.29, 0.717) is 11.1 Å². The molecule has 2 aromatic rings. The lowest BCUT2D eigenvalue weighted by molar-refractivity contribution is -0.641. The van der Waals surface area contributed by atoms with E-state index in [1.807, 2.05) is 19.9 Å². The average Bonchev–Trinajstić information content (AvgIpc) is 3.01. The molecule has 27 heavy (non-hydrogen) atoms. The molecule has 0 saturated carbocycles. The second-order valence-corrected chi connectivity index (χ2v) is 7.67. The summed E-state index contributed by atoms with van der Waals surface area (Å²) in [6.45, 7) is 7.88. The number of hydrogen-bond acceptors (Lipinski definition) is 5. The van der Waals surface area contributed by atoms with Gasteiger partial charge in [-0.1, -0.05) is 35.2 Å². The predicted molar refractivity (Wildman–Crippen MR) is 102 cm³/mol. The molecule has 144 valence electrons. The molecule has 1 aliphatic rings. The van der Waals surface area contributed by atoms with E-state index in [9.17, 15) is 13.0 Å². The second-order valence-electron chi connectivity index (χ2n) is 6.35. The molecule has 2 N–H and O–H groups in total. The normalized spacial score (nSPS) is 12.2. The van der Waals surface area contributed by atoms with E-state index in [2.05, 4.69) is 11.8 Å². The lowest BCUT2D eigenvalue weighted by Gasteiger charge is -2.14. The summed E-state index contributed by atoms with van der Waals surface area (Å²) in [6, 6.07) is 5.27. The van der Waals surface area contributed by atoms with Crippen LogP contribution >= 0.6 is 0 Å². The molecule has 0 unspecified atom stereocenters. The van der Waals surface area contributed by atoms with Crippen LogP contribution in [0.15, 0.2) is 29.3 Å². The summed E-state index contributed by atoms with van der Waals surface area (Å²) in [7, 11) is -4.33. The molecule has 2 heterocycles. The van der Waals surface area contributed by atoms with Gasteiger partial charge in [0.1, 0.15) is 15.9 Å². The number of hydrogen-bond donors (Lipinski definition) is 1. The molecule has 0 spiro atoms. The van der Waals surface area contributed by atoms with Crippen LogP contribution in [0.1, 0.15) is 41.3 Å². The van der Waals surface area contributed by atoms with Crippen LogP contribution < -0.4 is 15.3 Å². The molecule has 7 heteroatoms. The minimum atomic E-state index is -4.33. The van der Waals surface area contributed by atoms with Crippen LogP contribution in [0.5, 0.6) is 5.75 Å². The zero-order valence-electron chi connectivity index (χ0n) is 16.0. The average molecular weight is 388 g/mol. The summed E-state index contributed by atoms with van der Waals surface area (Å²) in [6.07, 6.45) is 3.52. The molecular weight excluding hydrogens is 364 g/mol. The summed E-state index contributed by atoms with van der Waals surface area (Å²) in [5.41, 5.74) is 4.01. The van der Waals surface area contributed by atoms with Crippen LogP contribution in [0.25, 0.3) is 0 Å². The maximum Gasteiger partial charge on any atom is 0.292 e. The van der Waals surface area contributed by atoms with Crippen molar-refractivity contribution >= 4 is 10.1 Å². The van der Waals surface area contributed by atoms with Crippen molar-refractivity contribution in [1.29, 1.82) is 0 Å². The largest absolute Gasteiger partial charge is 0.744 e. The maximum atomic E-state index is 10.8. The van der Waals surface area contributed by atoms with E-state index in [0.717, 1.165) is 42.0 Å². The van der Waals surface area contributed by atoms with E-state index in [1.54, 1.807) is 36.9 Å². The number of fused-ring (bicyclic) bond motifs is 1. The topological polar surface area (TPSA) is 96.3 Å². The van der Waals surface area contributed by atoms with Gasteiger partial charge < -0.3 is 9.29 Å². The minimum Gasteiger partial charge on any atom is -0.744 e. The SMILES string of the molecule is CCC#Cc1c2c(cc[n+]1N)OCC2.Cc1cc(C)c(S(=O)(=O)[O-])c(C)c1. The fourth-order valence-electron chi connectivity index (χ4n) is 3.11. The Morgan fingerprint density at radius 1 is 1.26 bits per heavy atom. The minimum absolute atomic E-state index is 0.0851. The summed E-state index contributed by atoms with van der Waals surface area (Å²) in [5.74, 6) is 12.8. The van der Waals surface area contributed by atoms with Crippen LogP contribution in [-0.4, -0.2) is 19.6 Å². The second kappa shape index (κ2) is 8.42. The molecule has 1 aliphatic heterocycles. The molecular formula is C20H24N2O4S. The van der Waals surface area contributed by atoms with Crippen molar-refractivity contribution in [3.05, 3.63) is 52.3 Å². The number of benzene rings is 1. The van der Waals surface area contributed by atoms with Crippen molar-refractivity contribution in [2.75, 3.05) is 12.4 Å². The molecule has 0 saturated heterocycles. The first kappa shape index (κ1) is 20.7. The van der Waals surface area contributed by atoms with Gasteiger partial charge in [-0.3, -0.25) is 0 Å². The number of pyridine rings is 1. The molecule has 0 radical (unpaired) electrons. The Morgan fingerprint density at radius 3 is 2.44 bits per heavy atom. The van der Waals surface area contributed by atoms with Gasteiger partial charge in [0.05, 0.1) is 17.1 Å². The van der Waals surface area contributed by atoms with Crippen LogP contribution in [0.3, 0.4) is 0 Å². The molecule has 0 bridgehead atoms. The van der Waals surface area contributed by atoms with Crippen molar-refractivity contribution in [1.82, 2.24) is 0 Å². The van der Waals surface area contributed by atoms with Gasteiger partial charge in [0.2, 0.25) is 6.20 Å². The first-order valence-electron chi connectivity index (χ1n) is 8.63. The van der Waals surface area contributed by atoms with E-state index in [4.69, 9.17) is 10.6 Å². The highest BCUT2D eigenvalue weighted by atomic mass is 32.2. The molecule has 0 aliphatic carbocycles. The van der Waals surface area contributed by atoms with Crippen LogP contribution in [0.2, 0.25) is 0 Å². The molecule has 1 aromatic heterocycles. The fraction of sp³-hybridized carbons (Fsp3) is 0.350. The molecule has 3 rings (SSSR count). The third-order valence-corrected chi connectivity index (χ3v) is 5.22. The molecule has 0 amide bonds. The first-order chi connectivity index (χ1) is 12.6. The number of ether oxygens (including phenoxy) is 1. The smallest absolute Gasteiger partial charge is 0.292 e. The first-order valence-corrected chi connectivity index (χ1v) is 10.0. The highest BCUT2D eigenvalue weighted by molar-refractivity contribution is 7.85. The number of nitrogens with two attached hydrogens (primary N) is 1. The Kier molecular flexibility index (Phi) is 6.47. The fourth-order valence-corrected chi connectivity index (χ4v) is 4.02. The van der Waals surface area contributed by atoms with Gasteiger partial charge in [-0.15, -0.1) is 0 Å². The molecule has 6 nitrogen and oxygen atoms in total. The van der Waals surface area contributed by atoms with Crippen LogP contribution in [-0.2, 0) is 16.5 Å². The lowest BCUT2D eigenvalue weighted by Crippen LogP contribution is -2.47. The van der Waals surface area contributed by atoms with Gasteiger partial charge in [0.15, 0.2) is 0 Å². The van der Waals surface area contributed by atoms with Gasteiger partial charge in [0, 0.05) is 24.8 Å². The van der Waals surface area contributed by atoms with Gasteiger partial charge in [-0.2, -0.15) is 0 Å². The van der Waals surface area contributed by atoms with Gasteiger partial charge >= 0.3 is 0 Å². The standard InChI is InChI=1S/C11H13N2O.C9H12O3S/c1-2-3-4-10-9-6-8-14-11(9)5-7-13(10)12;1-6-4-7(2)9(8(3)5-6)13(10,11)12/h5,7H,2,6,8,12H2,1H3;4-5H,1-3H3,(H,10,11,12)/q+1;/p-1. The van der Waals surface area contributed by atoms with Crippen LogP contribution in [0.4, 0.5) is 0 Å². The molecule has 0 fully saturated rings. The Morgan fingerprint density at radius 2 is 1.89 bits per heavy atom. The Bertz CT molecular complexity index is 995. The van der Waals surface area contributed by atoms with Crippen molar-refractivity contribution in [2.45, 2.75) is 45.4 Å². The number of rotatable bonds is 1. The summed E-state index contributed by atoms with van der Waals surface area (Å²) in [4.78, 5) is -0.0851. The number of aromatic nitrogens is 1. The Balaban J connectivity index is 0.000000194. The quantitative estimate of drug-likeness (QED) is 0.348. The van der Waals surface area contributed by atoms with Gasteiger partial charge in [-0.05, 0) is 31.9 Å². The maximum absolute atomic E-state index is 10.8. The number of nitrogen functional groups attached to an aromatic ring is 1. The summed E-state index contributed by atoms with van der Waals surface area (Å²) in [5, 5.41) is 0. The van der Waals surface area contributed by atoms with E-state index < -0.39 is 10.1 Å². The predicted octanol–water partition coefficient (Wildman–Crippen LogP) is 1.90. The lowest BCUT2D eigenvalue weighted by atomic mass is 10.1. The third-order valence-electron chi connectivity index (χ3n) is 4.08. The summed E-state index contributed by atoms with van der Waals surface area (Å²) < 4.78 is 39.5. The van der Waals surface area contributed by atoms with Crippen molar-refractivity contribution < 1.29 is 22.4 Å². The van der Waals surface area contributed by atoms with Crippen molar-refractivity contribution in [3.63, 3.8) is 0 Å². The summed E-state index contributed by atoms with van der Waals surface area (Å²) >= 11 is 0. The highest BCUT2D eigenvalue weighted by Gasteiger charge is 2.22. The third kappa shape index (κ3) is 5.00. The van der Waals surface area contributed by atoms with Gasteiger partial charge in [-0.25, -0.2) is 14.3 Å². The van der Waals surface area contributed by atoms with Crippen molar-refractivity contribution in [2.24, 2.45) is 0 Å². The highest BCUT2D eigenvalue weighted by Crippen LogP contribution is 2.25. The zero-order chi connectivity index (χ0) is 20.2. The molecule has 0 atom stereocenters. The monoisotopic (exact) mass is 388 g/mol. The Labute approximate surface area is 160 Å². The number of aryl methyl sites for hydroxylation is 3. The van der Waals surface area contributed by atoms with E-state index in [1.165, 1.54) is 0 Å². The van der Waals surface area contributed by atoms with Gasteiger partial charge in [0.25, 0.3) is 5.69 Å². The van der Waals surface area contributed by atoms with Crippen molar-refractivity contribution in [3.8, 4) is 17.6 Å². The van der Waals surface area contributed by atoms with E-state index >= 15 is 0 Å². The van der Waals surface area contributed by atoms with Crippen LogP contribution in [0, 0.1) is 32.6 Å². The Hall–Kier alpha value is -2.56. The molecule has 1 aromatic carbocycles. The van der Waals surface area contributed by atoms with E-state index in [-0.39, 0.29) is 4.90 Å².